The number of nitrogens with one attached hydrogen (secondary N) is 1. The summed E-state index contributed by atoms with van der Waals surface area (Å²) >= 11 is 11.2. The van der Waals surface area contributed by atoms with Crippen LogP contribution in [0.2, 0.25) is 10.3 Å². The molecule has 0 radical (unpaired) electrons. The van der Waals surface area contributed by atoms with Gasteiger partial charge in [-0.2, -0.15) is 0 Å². The molecular formula is C8H7Cl2N3O3. The maximum atomic E-state index is 11.4. The number of primary amides is 1. The van der Waals surface area contributed by atoms with Crippen molar-refractivity contribution < 1.29 is 14.4 Å². The SMILES string of the molecule is NC(=O)CONC(=O)c1ccc(Cl)nc1Cl. The molecule has 0 aliphatic heterocycles. The normalized spacial score (nSPS) is 9.88. The molecule has 0 spiro atoms. The van der Waals surface area contributed by atoms with Gasteiger partial charge in [0.1, 0.15) is 10.3 Å². The van der Waals surface area contributed by atoms with Crippen molar-refractivity contribution in [1.82, 2.24) is 10.5 Å². The topological polar surface area (TPSA) is 94.3 Å². The minimum Gasteiger partial charge on any atom is -0.368 e. The number of carbonyl (C=O) groups is 2. The maximum absolute atomic E-state index is 11.4. The van der Waals surface area contributed by atoms with Crippen LogP contribution in [0.4, 0.5) is 0 Å². The number of hydroxylamine groups is 1. The van der Waals surface area contributed by atoms with Crippen LogP contribution in [0.3, 0.4) is 0 Å². The van der Waals surface area contributed by atoms with Crippen LogP contribution in [0.25, 0.3) is 0 Å². The van der Waals surface area contributed by atoms with E-state index in [1.165, 1.54) is 12.1 Å². The monoisotopic (exact) mass is 263 g/mol. The summed E-state index contributed by atoms with van der Waals surface area (Å²) in [6, 6.07) is 2.77. The predicted octanol–water partition coefficient (Wildman–Crippen LogP) is 0.535. The fraction of sp³-hybridized carbons (Fsp3) is 0.125. The molecule has 0 saturated carbocycles. The van der Waals surface area contributed by atoms with E-state index in [0.717, 1.165) is 0 Å². The highest BCUT2D eigenvalue weighted by atomic mass is 35.5. The highest BCUT2D eigenvalue weighted by molar-refractivity contribution is 6.34. The van der Waals surface area contributed by atoms with Gasteiger partial charge in [-0.25, -0.2) is 10.5 Å². The van der Waals surface area contributed by atoms with Crippen molar-refractivity contribution in [3.63, 3.8) is 0 Å². The van der Waals surface area contributed by atoms with Crippen LogP contribution in [0, 0.1) is 0 Å². The molecule has 0 aliphatic rings. The number of nitrogens with two attached hydrogens (primary N) is 1. The van der Waals surface area contributed by atoms with Gasteiger partial charge in [0, 0.05) is 0 Å². The number of pyridine rings is 1. The molecule has 0 aromatic carbocycles. The predicted molar refractivity (Wildman–Crippen MR) is 56.9 cm³/mol. The van der Waals surface area contributed by atoms with E-state index >= 15 is 0 Å². The lowest BCUT2D eigenvalue weighted by molar-refractivity contribution is -0.124. The van der Waals surface area contributed by atoms with Crippen molar-refractivity contribution in [1.29, 1.82) is 0 Å². The van der Waals surface area contributed by atoms with E-state index in [4.69, 9.17) is 28.9 Å². The second kappa shape index (κ2) is 5.64. The van der Waals surface area contributed by atoms with Crippen LogP contribution in [-0.2, 0) is 9.63 Å². The zero-order chi connectivity index (χ0) is 12.1. The molecule has 16 heavy (non-hydrogen) atoms. The molecule has 0 unspecified atom stereocenters. The van der Waals surface area contributed by atoms with Gasteiger partial charge in [-0.05, 0) is 12.1 Å². The molecule has 86 valence electrons. The summed E-state index contributed by atoms with van der Waals surface area (Å²) in [7, 11) is 0. The lowest BCUT2D eigenvalue weighted by Gasteiger charge is -2.05. The Morgan fingerprint density at radius 2 is 2.12 bits per heavy atom. The Morgan fingerprint density at radius 3 is 2.69 bits per heavy atom. The Balaban J connectivity index is 2.63. The summed E-state index contributed by atoms with van der Waals surface area (Å²) in [5.41, 5.74) is 6.86. The van der Waals surface area contributed by atoms with E-state index in [1.807, 2.05) is 5.48 Å². The van der Waals surface area contributed by atoms with E-state index < -0.39 is 18.4 Å². The largest absolute Gasteiger partial charge is 0.368 e. The first-order valence-electron chi connectivity index (χ1n) is 4.03. The van der Waals surface area contributed by atoms with Crippen LogP contribution < -0.4 is 11.2 Å². The van der Waals surface area contributed by atoms with Crippen LogP contribution in [-0.4, -0.2) is 23.4 Å². The molecule has 0 fully saturated rings. The van der Waals surface area contributed by atoms with E-state index in [9.17, 15) is 9.59 Å². The second-order valence-electron chi connectivity index (χ2n) is 2.66. The number of nitrogens with zero attached hydrogens (tertiary/aromatic N) is 1. The first-order valence-corrected chi connectivity index (χ1v) is 4.79. The molecule has 1 rings (SSSR count). The van der Waals surface area contributed by atoms with Gasteiger partial charge in [0.25, 0.3) is 5.91 Å². The highest BCUT2D eigenvalue weighted by Crippen LogP contribution is 2.16. The highest BCUT2D eigenvalue weighted by Gasteiger charge is 2.12. The molecule has 3 N–H and O–H groups in total. The second-order valence-corrected chi connectivity index (χ2v) is 3.40. The van der Waals surface area contributed by atoms with Crippen molar-refractivity contribution in [3.05, 3.63) is 28.0 Å². The third kappa shape index (κ3) is 3.65. The average Bonchev–Trinajstić information content (AvgIpc) is 2.16. The van der Waals surface area contributed by atoms with Gasteiger partial charge in [-0.15, -0.1) is 0 Å². The number of halogens is 2. The van der Waals surface area contributed by atoms with Gasteiger partial charge >= 0.3 is 0 Å². The molecule has 1 heterocycles. The van der Waals surface area contributed by atoms with E-state index in [1.54, 1.807) is 0 Å². The van der Waals surface area contributed by atoms with Crippen molar-refractivity contribution >= 4 is 35.0 Å². The van der Waals surface area contributed by atoms with Gasteiger partial charge in [0.15, 0.2) is 6.61 Å². The molecule has 0 saturated heterocycles. The zero-order valence-electron chi connectivity index (χ0n) is 7.87. The smallest absolute Gasteiger partial charge is 0.277 e. The van der Waals surface area contributed by atoms with Crippen LogP contribution >= 0.6 is 23.2 Å². The number of amides is 2. The summed E-state index contributed by atoms with van der Waals surface area (Å²) in [5.74, 6) is -1.35. The maximum Gasteiger partial charge on any atom is 0.277 e. The third-order valence-electron chi connectivity index (χ3n) is 1.44. The lowest BCUT2D eigenvalue weighted by atomic mass is 10.3. The van der Waals surface area contributed by atoms with Gasteiger partial charge in [-0.1, -0.05) is 23.2 Å². The Labute approximate surface area is 101 Å². The zero-order valence-corrected chi connectivity index (χ0v) is 9.38. The molecule has 1 aromatic heterocycles. The van der Waals surface area contributed by atoms with Crippen LogP contribution in [0.5, 0.6) is 0 Å². The van der Waals surface area contributed by atoms with Crippen LogP contribution in [0.1, 0.15) is 10.4 Å². The summed E-state index contributed by atoms with van der Waals surface area (Å²) in [5, 5.41) is 0.104. The Bertz CT molecular complexity index is 425. The lowest BCUT2D eigenvalue weighted by Crippen LogP contribution is -2.29. The van der Waals surface area contributed by atoms with Crippen molar-refractivity contribution in [2.45, 2.75) is 0 Å². The third-order valence-corrected chi connectivity index (χ3v) is 1.94. The summed E-state index contributed by atoms with van der Waals surface area (Å²) in [4.78, 5) is 29.9. The molecule has 0 atom stereocenters. The standard InChI is InChI=1S/C8H7Cl2N3O3/c9-5-2-1-4(7(10)12-5)8(15)13-16-3-6(11)14/h1-2H,3H2,(H2,11,14)(H,13,15). The number of aromatic nitrogens is 1. The van der Waals surface area contributed by atoms with Crippen molar-refractivity contribution in [2.75, 3.05) is 6.61 Å². The van der Waals surface area contributed by atoms with Crippen molar-refractivity contribution in [2.24, 2.45) is 5.73 Å². The van der Waals surface area contributed by atoms with Crippen LogP contribution in [0.15, 0.2) is 12.1 Å². The fourth-order valence-electron chi connectivity index (χ4n) is 0.809. The van der Waals surface area contributed by atoms with Crippen molar-refractivity contribution in [3.8, 4) is 0 Å². The first kappa shape index (κ1) is 12.7. The Morgan fingerprint density at radius 1 is 1.44 bits per heavy atom. The van der Waals surface area contributed by atoms with Gasteiger partial charge in [0.05, 0.1) is 5.56 Å². The number of hydrogen-bond donors (Lipinski definition) is 2. The molecule has 2 amide bonds. The summed E-state index contributed by atoms with van der Waals surface area (Å²) < 4.78 is 0. The quantitative estimate of drug-likeness (QED) is 0.612. The molecule has 0 aliphatic carbocycles. The minimum atomic E-state index is -0.708. The van der Waals surface area contributed by atoms with E-state index in [2.05, 4.69) is 9.82 Å². The Kier molecular flexibility index (Phi) is 4.48. The minimum absolute atomic E-state index is 0.0623. The molecule has 6 nitrogen and oxygen atoms in total. The number of hydrogen-bond acceptors (Lipinski definition) is 4. The number of carbonyl (C=O) groups excluding carboxylic acids is 2. The molecular weight excluding hydrogens is 257 g/mol. The van der Waals surface area contributed by atoms with Gasteiger partial charge in [-0.3, -0.25) is 14.4 Å². The fourth-order valence-corrected chi connectivity index (χ4v) is 1.24. The first-order chi connectivity index (χ1) is 7.50. The Hall–Kier alpha value is -1.37. The van der Waals surface area contributed by atoms with Gasteiger partial charge in [0.2, 0.25) is 5.91 Å². The molecule has 1 aromatic rings. The summed E-state index contributed by atoms with van der Waals surface area (Å²) in [6.07, 6.45) is 0. The van der Waals surface area contributed by atoms with E-state index in [-0.39, 0.29) is 15.9 Å². The number of rotatable bonds is 4. The van der Waals surface area contributed by atoms with E-state index in [0.29, 0.717) is 0 Å². The summed E-state index contributed by atoms with van der Waals surface area (Å²) in [6.45, 7) is -0.426. The van der Waals surface area contributed by atoms with Gasteiger partial charge < -0.3 is 5.73 Å². The molecule has 8 heteroatoms. The average molecular weight is 264 g/mol. The molecule has 0 bridgehead atoms.